The van der Waals surface area contributed by atoms with Gasteiger partial charge in [-0.25, -0.2) is 0 Å². The van der Waals surface area contributed by atoms with Crippen LogP contribution in [0.4, 0.5) is 0 Å². The number of hydrogen-bond donors (Lipinski definition) is 1. The maximum Gasteiger partial charge on any atom is 0.0539 e. The van der Waals surface area contributed by atoms with E-state index in [-0.39, 0.29) is 0 Å². The highest BCUT2D eigenvalue weighted by molar-refractivity contribution is 4.94. The third-order valence-electron chi connectivity index (χ3n) is 3.52. The molecule has 0 aromatic heterocycles. The van der Waals surface area contributed by atoms with Gasteiger partial charge in [-0.1, -0.05) is 0 Å². The predicted octanol–water partition coefficient (Wildman–Crippen LogP) is 0.791. The van der Waals surface area contributed by atoms with E-state index in [4.69, 9.17) is 9.47 Å². The zero-order valence-electron chi connectivity index (χ0n) is 8.34. The summed E-state index contributed by atoms with van der Waals surface area (Å²) in [6.07, 6.45) is 3.45. The number of nitrogens with one attached hydrogen (secondary N) is 1. The Hall–Kier alpha value is -0.120. The monoisotopic (exact) mass is 185 g/mol. The van der Waals surface area contributed by atoms with Crippen molar-refractivity contribution in [3.8, 4) is 0 Å². The van der Waals surface area contributed by atoms with Gasteiger partial charge < -0.3 is 14.8 Å². The van der Waals surface area contributed by atoms with Gasteiger partial charge in [-0.15, -0.1) is 0 Å². The van der Waals surface area contributed by atoms with E-state index in [1.165, 1.54) is 0 Å². The summed E-state index contributed by atoms with van der Waals surface area (Å²) >= 11 is 0. The highest BCUT2D eigenvalue weighted by Gasteiger charge is 2.41. The first-order chi connectivity index (χ1) is 6.37. The van der Waals surface area contributed by atoms with Crippen molar-refractivity contribution < 1.29 is 9.47 Å². The lowest BCUT2D eigenvalue weighted by molar-refractivity contribution is -0.0900. The van der Waals surface area contributed by atoms with E-state index in [9.17, 15) is 0 Å². The molecule has 2 saturated heterocycles. The van der Waals surface area contributed by atoms with E-state index >= 15 is 0 Å². The van der Waals surface area contributed by atoms with E-state index in [2.05, 4.69) is 12.4 Å². The molecular weight excluding hydrogens is 166 g/mol. The summed E-state index contributed by atoms with van der Waals surface area (Å²) in [5.41, 5.74) is 0.366. The lowest BCUT2D eigenvalue weighted by Crippen LogP contribution is -2.53. The molecular formula is C10H19NO2. The molecule has 3 nitrogen and oxygen atoms in total. The molecule has 1 unspecified atom stereocenters. The Morgan fingerprint density at radius 3 is 2.62 bits per heavy atom. The molecule has 1 spiro atoms. The molecule has 0 aromatic carbocycles. The molecule has 2 aliphatic heterocycles. The van der Waals surface area contributed by atoms with Gasteiger partial charge in [0, 0.05) is 31.3 Å². The van der Waals surface area contributed by atoms with Crippen LogP contribution >= 0.6 is 0 Å². The van der Waals surface area contributed by atoms with Crippen LogP contribution in [0, 0.1) is 5.41 Å². The van der Waals surface area contributed by atoms with Gasteiger partial charge in [0.25, 0.3) is 0 Å². The molecule has 2 heterocycles. The van der Waals surface area contributed by atoms with E-state index < -0.39 is 0 Å². The van der Waals surface area contributed by atoms with Gasteiger partial charge in [0.2, 0.25) is 0 Å². The Morgan fingerprint density at radius 2 is 1.92 bits per heavy atom. The third kappa shape index (κ3) is 1.73. The molecule has 76 valence electrons. The Balaban J connectivity index is 2.06. The van der Waals surface area contributed by atoms with E-state index in [1.807, 2.05) is 0 Å². The lowest BCUT2D eigenvalue weighted by atomic mass is 9.72. The van der Waals surface area contributed by atoms with Crippen molar-refractivity contribution in [2.24, 2.45) is 5.41 Å². The molecule has 0 radical (unpaired) electrons. The fourth-order valence-electron chi connectivity index (χ4n) is 2.60. The summed E-state index contributed by atoms with van der Waals surface area (Å²) in [6, 6.07) is 0.630. The van der Waals surface area contributed by atoms with Gasteiger partial charge in [-0.05, 0) is 26.3 Å². The normalized spacial score (nSPS) is 33.5. The minimum absolute atomic E-state index is 0.366. The molecule has 0 aromatic rings. The second kappa shape index (κ2) is 3.95. The van der Waals surface area contributed by atoms with Crippen LogP contribution in [0.3, 0.4) is 0 Å². The maximum atomic E-state index is 5.60. The summed E-state index contributed by atoms with van der Waals surface area (Å²) in [6.45, 7) is 3.64. The van der Waals surface area contributed by atoms with Crippen LogP contribution in [0.25, 0.3) is 0 Å². The van der Waals surface area contributed by atoms with Crippen molar-refractivity contribution >= 4 is 0 Å². The van der Waals surface area contributed by atoms with Crippen LogP contribution in [0.15, 0.2) is 0 Å². The summed E-state index contributed by atoms with van der Waals surface area (Å²) < 4.78 is 11.0. The van der Waals surface area contributed by atoms with Crippen LogP contribution in [0.2, 0.25) is 0 Å². The van der Waals surface area contributed by atoms with Crippen molar-refractivity contribution in [3.05, 3.63) is 0 Å². The van der Waals surface area contributed by atoms with Crippen molar-refractivity contribution in [2.75, 3.05) is 33.5 Å². The summed E-state index contributed by atoms with van der Waals surface area (Å²) in [4.78, 5) is 0. The zero-order chi connectivity index (χ0) is 9.15. The Labute approximate surface area is 79.8 Å². The first-order valence-electron chi connectivity index (χ1n) is 5.20. The molecule has 0 bridgehead atoms. The fraction of sp³-hybridized carbons (Fsp3) is 1.00. The second-order valence-electron chi connectivity index (χ2n) is 4.16. The van der Waals surface area contributed by atoms with Crippen molar-refractivity contribution in [2.45, 2.75) is 25.3 Å². The average molecular weight is 185 g/mol. The zero-order valence-corrected chi connectivity index (χ0v) is 8.34. The van der Waals surface area contributed by atoms with Crippen molar-refractivity contribution in [1.29, 1.82) is 0 Å². The van der Waals surface area contributed by atoms with E-state index in [0.717, 1.165) is 45.7 Å². The molecule has 2 aliphatic rings. The minimum atomic E-state index is 0.366. The van der Waals surface area contributed by atoms with Crippen LogP contribution in [-0.2, 0) is 9.47 Å². The Kier molecular flexibility index (Phi) is 2.86. The lowest BCUT2D eigenvalue weighted by Gasteiger charge is -2.46. The average Bonchev–Trinajstić information content (AvgIpc) is 2.20. The van der Waals surface area contributed by atoms with Gasteiger partial charge in [-0.3, -0.25) is 0 Å². The highest BCUT2D eigenvalue weighted by atomic mass is 16.5. The largest absolute Gasteiger partial charge is 0.381 e. The summed E-state index contributed by atoms with van der Waals surface area (Å²) in [7, 11) is 2.06. The van der Waals surface area contributed by atoms with Crippen LogP contribution in [-0.4, -0.2) is 39.5 Å². The standard InChI is InChI=1S/C10H19NO2/c1-11-9-2-5-13-8-10(9)3-6-12-7-4-10/h9,11H,2-8H2,1H3. The molecule has 2 fully saturated rings. The van der Waals surface area contributed by atoms with E-state index in [0.29, 0.717) is 11.5 Å². The Morgan fingerprint density at radius 1 is 1.15 bits per heavy atom. The summed E-state index contributed by atoms with van der Waals surface area (Å²) in [5, 5.41) is 3.43. The van der Waals surface area contributed by atoms with Gasteiger partial charge in [0.1, 0.15) is 0 Å². The number of ether oxygens (including phenoxy) is 2. The van der Waals surface area contributed by atoms with E-state index in [1.54, 1.807) is 0 Å². The Bertz CT molecular complexity index is 158. The van der Waals surface area contributed by atoms with Gasteiger partial charge in [0.05, 0.1) is 6.61 Å². The topological polar surface area (TPSA) is 30.5 Å². The maximum absolute atomic E-state index is 5.60. The van der Waals surface area contributed by atoms with Gasteiger partial charge >= 0.3 is 0 Å². The first-order valence-corrected chi connectivity index (χ1v) is 5.20. The molecule has 1 N–H and O–H groups in total. The van der Waals surface area contributed by atoms with Crippen LogP contribution in [0.5, 0.6) is 0 Å². The predicted molar refractivity (Wildman–Crippen MR) is 50.8 cm³/mol. The fourth-order valence-corrected chi connectivity index (χ4v) is 2.60. The quantitative estimate of drug-likeness (QED) is 0.655. The third-order valence-corrected chi connectivity index (χ3v) is 3.52. The molecule has 1 atom stereocenters. The molecule has 0 amide bonds. The smallest absolute Gasteiger partial charge is 0.0539 e. The SMILES string of the molecule is CNC1CCOCC12CCOCC2. The van der Waals surface area contributed by atoms with Crippen LogP contribution < -0.4 is 5.32 Å². The highest BCUT2D eigenvalue weighted by Crippen LogP contribution is 2.38. The van der Waals surface area contributed by atoms with Gasteiger partial charge in [0.15, 0.2) is 0 Å². The minimum Gasteiger partial charge on any atom is -0.381 e. The summed E-state index contributed by atoms with van der Waals surface area (Å²) in [5.74, 6) is 0. The molecule has 13 heavy (non-hydrogen) atoms. The second-order valence-corrected chi connectivity index (χ2v) is 4.16. The number of hydrogen-bond acceptors (Lipinski definition) is 3. The molecule has 0 aliphatic carbocycles. The van der Waals surface area contributed by atoms with Crippen molar-refractivity contribution in [3.63, 3.8) is 0 Å². The van der Waals surface area contributed by atoms with Crippen LogP contribution in [0.1, 0.15) is 19.3 Å². The van der Waals surface area contributed by atoms with Crippen molar-refractivity contribution in [1.82, 2.24) is 5.32 Å². The molecule has 3 heteroatoms. The van der Waals surface area contributed by atoms with Gasteiger partial charge in [-0.2, -0.15) is 0 Å². The molecule has 0 saturated carbocycles. The first kappa shape index (κ1) is 9.44. The number of rotatable bonds is 1. The molecule has 2 rings (SSSR count).